The van der Waals surface area contributed by atoms with E-state index in [1.807, 2.05) is 18.2 Å². The molecule has 3 aromatic rings. The van der Waals surface area contributed by atoms with Gasteiger partial charge in [-0.25, -0.2) is 5.84 Å². The summed E-state index contributed by atoms with van der Waals surface area (Å²) in [5, 5.41) is 3.66. The van der Waals surface area contributed by atoms with Crippen LogP contribution in [0.4, 0.5) is 5.69 Å². The van der Waals surface area contributed by atoms with Gasteiger partial charge in [-0.3, -0.25) is 4.90 Å². The molecule has 0 atom stereocenters. The maximum Gasteiger partial charge on any atom is 0.179 e. The van der Waals surface area contributed by atoms with Crippen LogP contribution in [0.5, 0.6) is 11.5 Å². The van der Waals surface area contributed by atoms with Gasteiger partial charge in [-0.15, -0.1) is 0 Å². The summed E-state index contributed by atoms with van der Waals surface area (Å²) in [6.45, 7) is 6.81. The number of anilines is 1. The van der Waals surface area contributed by atoms with E-state index in [9.17, 15) is 0 Å². The third-order valence-electron chi connectivity index (χ3n) is 6.03. The van der Waals surface area contributed by atoms with Gasteiger partial charge >= 0.3 is 0 Å². The zero-order valence-electron chi connectivity index (χ0n) is 20.1. The van der Waals surface area contributed by atoms with Crippen LogP contribution in [0.15, 0.2) is 76.7 Å². The molecule has 0 amide bonds. The van der Waals surface area contributed by atoms with E-state index in [1.165, 1.54) is 28.9 Å². The second kappa shape index (κ2) is 11.8. The second-order valence-corrected chi connectivity index (χ2v) is 9.20. The Morgan fingerprint density at radius 2 is 1.69 bits per heavy atom. The smallest absolute Gasteiger partial charge is 0.179 e. The van der Waals surface area contributed by atoms with Gasteiger partial charge in [0.15, 0.2) is 17.3 Å². The first-order valence-corrected chi connectivity index (χ1v) is 12.2. The van der Waals surface area contributed by atoms with E-state index in [-0.39, 0.29) is 0 Å². The minimum Gasteiger partial charge on any atom is -0.493 e. The molecule has 1 saturated heterocycles. The van der Waals surface area contributed by atoms with E-state index in [1.54, 1.807) is 7.11 Å². The fourth-order valence-electron chi connectivity index (χ4n) is 4.01. The van der Waals surface area contributed by atoms with Crippen LogP contribution in [0, 0.1) is 6.92 Å². The number of benzene rings is 3. The molecule has 0 saturated carbocycles. The number of ether oxygens (including phenoxy) is 1. The van der Waals surface area contributed by atoms with Crippen molar-refractivity contribution in [3.63, 3.8) is 0 Å². The van der Waals surface area contributed by atoms with Gasteiger partial charge in [0.2, 0.25) is 0 Å². The number of nitrogens with zero attached hydrogens (tertiary/aromatic N) is 3. The van der Waals surface area contributed by atoms with E-state index >= 15 is 0 Å². The molecular weight excluding hydrogens is 460 g/mol. The number of nitrogens with one attached hydrogen (secondary N) is 1. The summed E-state index contributed by atoms with van der Waals surface area (Å²) >= 11 is 1.34. The lowest BCUT2D eigenvalue weighted by Crippen LogP contribution is -2.46. The van der Waals surface area contributed by atoms with Gasteiger partial charge in [-0.05, 0) is 61.0 Å². The second-order valence-electron chi connectivity index (χ2n) is 8.40. The Morgan fingerprint density at radius 1 is 0.971 bits per heavy atom. The highest BCUT2D eigenvalue weighted by Gasteiger charge is 2.18. The molecule has 0 aromatic heterocycles. The van der Waals surface area contributed by atoms with Crippen LogP contribution < -0.4 is 30.9 Å². The minimum atomic E-state index is 0.460. The van der Waals surface area contributed by atoms with Crippen LogP contribution in [-0.2, 0) is 6.54 Å². The Morgan fingerprint density at radius 3 is 2.31 bits per heavy atom. The molecule has 184 valence electrons. The molecule has 1 aliphatic heterocycles. The molecular formula is C26H32N6O2S. The fraction of sp³-hybridized carbons (Fsp3) is 0.269. The number of nitrogens with two attached hydrogens (primary N) is 2. The molecule has 0 radical (unpaired) electrons. The normalized spacial score (nSPS) is 14.6. The molecule has 1 heterocycles. The number of amidine groups is 1. The van der Waals surface area contributed by atoms with Crippen LogP contribution in [0.25, 0.3) is 0 Å². The molecule has 4 rings (SSSR count). The number of hydrogen-bond donors (Lipinski definition) is 3. The zero-order chi connectivity index (χ0) is 24.6. The number of hydrazine groups is 1. The topological polar surface area (TPSA) is 101 Å². The Bertz CT molecular complexity index is 1130. The van der Waals surface area contributed by atoms with E-state index < -0.39 is 0 Å². The Hall–Kier alpha value is -3.40. The molecule has 0 aliphatic carbocycles. The van der Waals surface area contributed by atoms with Crippen molar-refractivity contribution in [3.8, 4) is 11.5 Å². The minimum absolute atomic E-state index is 0.460. The first-order chi connectivity index (χ1) is 17.1. The van der Waals surface area contributed by atoms with Gasteiger partial charge in [0.25, 0.3) is 0 Å². The van der Waals surface area contributed by atoms with Gasteiger partial charge in [0, 0.05) is 48.9 Å². The summed E-state index contributed by atoms with van der Waals surface area (Å²) in [6.07, 6.45) is 0. The summed E-state index contributed by atoms with van der Waals surface area (Å²) < 4.78 is 11.6. The number of hydrogen-bond acceptors (Lipinski definition) is 8. The molecule has 1 aliphatic rings. The van der Waals surface area contributed by atoms with Gasteiger partial charge in [0.05, 0.1) is 19.2 Å². The number of aryl methyl sites for hydroxylation is 1. The number of piperazine rings is 1. The van der Waals surface area contributed by atoms with Gasteiger partial charge in [0.1, 0.15) is 0 Å². The molecule has 0 unspecified atom stereocenters. The van der Waals surface area contributed by atoms with Crippen LogP contribution in [0.1, 0.15) is 16.7 Å². The molecule has 35 heavy (non-hydrogen) atoms. The van der Waals surface area contributed by atoms with Crippen molar-refractivity contribution in [1.82, 2.24) is 10.3 Å². The summed E-state index contributed by atoms with van der Waals surface area (Å²) in [5.74, 6) is 12.7. The largest absolute Gasteiger partial charge is 0.493 e. The van der Waals surface area contributed by atoms with Crippen molar-refractivity contribution < 1.29 is 8.92 Å². The van der Waals surface area contributed by atoms with Gasteiger partial charge in [-0.2, -0.15) is 5.10 Å². The molecule has 0 bridgehead atoms. The number of methoxy groups -OCH3 is 1. The fourth-order valence-corrected chi connectivity index (χ4v) is 4.58. The lowest BCUT2D eigenvalue weighted by Gasteiger charge is -2.36. The Kier molecular flexibility index (Phi) is 8.36. The van der Waals surface area contributed by atoms with E-state index in [0.717, 1.165) is 54.7 Å². The summed E-state index contributed by atoms with van der Waals surface area (Å²) in [7, 11) is 1.68. The monoisotopic (exact) mass is 492 g/mol. The summed E-state index contributed by atoms with van der Waals surface area (Å²) in [5.41, 5.74) is 6.98. The molecule has 9 heteroatoms. The maximum absolute atomic E-state index is 5.95. The SMILES string of the molecule is COc1cc(CN2CCN(c3ccc(/C(=N/N)NN)cc3)CC2)ccc1OSc1ccc(C)cc1. The molecule has 5 N–H and O–H groups in total. The van der Waals surface area contributed by atoms with Crippen LogP contribution in [0.2, 0.25) is 0 Å². The molecule has 8 nitrogen and oxygen atoms in total. The molecule has 3 aromatic carbocycles. The third kappa shape index (κ3) is 6.39. The highest BCUT2D eigenvalue weighted by atomic mass is 32.2. The van der Waals surface area contributed by atoms with E-state index in [4.69, 9.17) is 20.6 Å². The Balaban J connectivity index is 1.31. The van der Waals surface area contributed by atoms with E-state index in [0.29, 0.717) is 5.84 Å². The lowest BCUT2D eigenvalue weighted by molar-refractivity contribution is 0.249. The summed E-state index contributed by atoms with van der Waals surface area (Å²) in [6, 6.07) is 22.5. The molecule has 0 spiro atoms. The first kappa shape index (κ1) is 24.7. The predicted octanol–water partition coefficient (Wildman–Crippen LogP) is 3.50. The van der Waals surface area contributed by atoms with Crippen molar-refractivity contribution in [2.45, 2.75) is 18.4 Å². The zero-order valence-corrected chi connectivity index (χ0v) is 20.9. The standard InChI is InChI=1S/C26H32N6O2S/c1-19-3-10-23(11-4-19)35-34-24-12-5-20(17-25(24)33-2)18-31-13-15-32(16-14-31)22-8-6-21(7-9-22)26(29-27)30-28/h3-12,17H,13-16,18,27-28H2,1-2H3,(H,29,30). The summed E-state index contributed by atoms with van der Waals surface area (Å²) in [4.78, 5) is 5.90. The number of hydrazone groups is 1. The highest BCUT2D eigenvalue weighted by molar-refractivity contribution is 7.95. The average Bonchev–Trinajstić information content (AvgIpc) is 2.90. The van der Waals surface area contributed by atoms with Crippen LogP contribution in [-0.4, -0.2) is 44.0 Å². The maximum atomic E-state index is 5.95. The average molecular weight is 493 g/mol. The van der Waals surface area contributed by atoms with Crippen molar-refractivity contribution in [2.75, 3.05) is 38.2 Å². The van der Waals surface area contributed by atoms with Gasteiger partial charge in [-0.1, -0.05) is 23.8 Å². The number of rotatable bonds is 8. The predicted molar refractivity (Wildman–Crippen MR) is 143 cm³/mol. The Labute approximate surface area is 211 Å². The van der Waals surface area contributed by atoms with Crippen molar-refractivity contribution in [1.29, 1.82) is 0 Å². The van der Waals surface area contributed by atoms with Crippen LogP contribution >= 0.6 is 12.0 Å². The van der Waals surface area contributed by atoms with Crippen LogP contribution in [0.3, 0.4) is 0 Å². The van der Waals surface area contributed by atoms with Gasteiger partial charge < -0.3 is 25.1 Å². The molecule has 1 fully saturated rings. The van der Waals surface area contributed by atoms with E-state index in [2.05, 4.69) is 75.8 Å². The third-order valence-corrected chi connectivity index (χ3v) is 6.75. The van der Waals surface area contributed by atoms with Crippen molar-refractivity contribution in [2.24, 2.45) is 16.8 Å². The van der Waals surface area contributed by atoms with Crippen molar-refractivity contribution >= 4 is 23.6 Å². The van der Waals surface area contributed by atoms with Crippen molar-refractivity contribution in [3.05, 3.63) is 83.4 Å². The lowest BCUT2D eigenvalue weighted by atomic mass is 10.1. The first-order valence-electron chi connectivity index (χ1n) is 11.5. The quantitative estimate of drug-likeness (QED) is 0.144. The highest BCUT2D eigenvalue weighted by Crippen LogP contribution is 2.33.